The molecule has 1 N–H and O–H groups in total. The molecule has 0 aliphatic rings. The predicted molar refractivity (Wildman–Crippen MR) is 95.7 cm³/mol. The van der Waals surface area contributed by atoms with Crippen LogP contribution in [0.5, 0.6) is 5.75 Å². The number of amides is 1. The minimum atomic E-state index is -0.124. The number of methoxy groups -OCH3 is 1. The second kappa shape index (κ2) is 6.97. The van der Waals surface area contributed by atoms with Gasteiger partial charge >= 0.3 is 0 Å². The molecule has 124 valence electrons. The van der Waals surface area contributed by atoms with Gasteiger partial charge in [-0.15, -0.1) is 10.2 Å². The van der Waals surface area contributed by atoms with Crippen LogP contribution in [0.15, 0.2) is 36.4 Å². The Bertz CT molecular complexity index is 874. The van der Waals surface area contributed by atoms with Crippen LogP contribution in [0.1, 0.15) is 40.1 Å². The van der Waals surface area contributed by atoms with Gasteiger partial charge in [0.25, 0.3) is 5.91 Å². The Morgan fingerprint density at radius 1 is 1.17 bits per heavy atom. The standard InChI is InChI=1S/C18H19N3O2S/c1-11(2)18-21-20-16(24-18)10-19-17(22)13-5-4-12-6-7-15(23-3)9-14(12)8-13/h4-9,11H,10H2,1-3H3,(H,19,22). The molecule has 0 fully saturated rings. The van der Waals surface area contributed by atoms with Crippen LogP contribution in [-0.2, 0) is 6.54 Å². The van der Waals surface area contributed by atoms with Crippen molar-refractivity contribution in [2.24, 2.45) is 0 Å². The van der Waals surface area contributed by atoms with Crippen molar-refractivity contribution >= 4 is 28.0 Å². The third-order valence-electron chi connectivity index (χ3n) is 3.69. The van der Waals surface area contributed by atoms with E-state index in [-0.39, 0.29) is 5.91 Å². The fraction of sp³-hybridized carbons (Fsp3) is 0.278. The monoisotopic (exact) mass is 341 g/mol. The molecule has 0 bridgehead atoms. The fourth-order valence-corrected chi connectivity index (χ4v) is 3.11. The van der Waals surface area contributed by atoms with E-state index >= 15 is 0 Å². The number of hydrogen-bond acceptors (Lipinski definition) is 5. The fourth-order valence-electron chi connectivity index (χ4n) is 2.32. The molecule has 0 aliphatic heterocycles. The van der Waals surface area contributed by atoms with Gasteiger partial charge in [-0.25, -0.2) is 0 Å². The number of aromatic nitrogens is 2. The van der Waals surface area contributed by atoms with Crippen molar-refractivity contribution in [2.75, 3.05) is 7.11 Å². The molecule has 0 spiro atoms. The maximum Gasteiger partial charge on any atom is 0.251 e. The highest BCUT2D eigenvalue weighted by molar-refractivity contribution is 7.11. The number of benzene rings is 2. The quantitative estimate of drug-likeness (QED) is 0.767. The van der Waals surface area contributed by atoms with Crippen molar-refractivity contribution in [3.05, 3.63) is 52.0 Å². The Balaban J connectivity index is 1.73. The Hall–Kier alpha value is -2.47. The van der Waals surface area contributed by atoms with Crippen LogP contribution in [-0.4, -0.2) is 23.2 Å². The first-order valence-electron chi connectivity index (χ1n) is 7.75. The van der Waals surface area contributed by atoms with Gasteiger partial charge in [0.1, 0.15) is 15.8 Å². The summed E-state index contributed by atoms with van der Waals surface area (Å²) in [4.78, 5) is 12.4. The second-order valence-electron chi connectivity index (χ2n) is 5.80. The molecule has 0 aliphatic carbocycles. The lowest BCUT2D eigenvalue weighted by molar-refractivity contribution is 0.0951. The van der Waals surface area contributed by atoms with Crippen LogP contribution in [0.4, 0.5) is 0 Å². The zero-order chi connectivity index (χ0) is 17.1. The van der Waals surface area contributed by atoms with Crippen LogP contribution >= 0.6 is 11.3 Å². The van der Waals surface area contributed by atoms with Crippen molar-refractivity contribution in [3.8, 4) is 5.75 Å². The van der Waals surface area contributed by atoms with Crippen LogP contribution in [0, 0.1) is 0 Å². The summed E-state index contributed by atoms with van der Waals surface area (Å²) in [5.41, 5.74) is 0.615. The van der Waals surface area contributed by atoms with Crippen molar-refractivity contribution in [3.63, 3.8) is 0 Å². The molecule has 1 amide bonds. The molecule has 24 heavy (non-hydrogen) atoms. The molecule has 1 heterocycles. The highest BCUT2D eigenvalue weighted by Crippen LogP contribution is 2.22. The summed E-state index contributed by atoms with van der Waals surface area (Å²) in [6.45, 7) is 4.54. The number of hydrogen-bond donors (Lipinski definition) is 1. The normalized spacial score (nSPS) is 11.0. The summed E-state index contributed by atoms with van der Waals surface area (Å²) in [5, 5.41) is 15.0. The highest BCUT2D eigenvalue weighted by Gasteiger charge is 2.10. The van der Waals surface area contributed by atoms with E-state index in [2.05, 4.69) is 29.4 Å². The zero-order valence-electron chi connectivity index (χ0n) is 13.9. The molecule has 6 heteroatoms. The van der Waals surface area contributed by atoms with Gasteiger partial charge in [-0.2, -0.15) is 0 Å². The third kappa shape index (κ3) is 3.54. The SMILES string of the molecule is COc1ccc2ccc(C(=O)NCc3nnc(C(C)C)s3)cc2c1. The lowest BCUT2D eigenvalue weighted by atomic mass is 10.1. The Morgan fingerprint density at radius 2 is 1.96 bits per heavy atom. The molecule has 0 atom stereocenters. The molecule has 3 rings (SSSR count). The maximum absolute atomic E-state index is 12.4. The van der Waals surface area contributed by atoms with Crippen LogP contribution in [0.3, 0.4) is 0 Å². The molecule has 2 aromatic carbocycles. The minimum Gasteiger partial charge on any atom is -0.497 e. The van der Waals surface area contributed by atoms with E-state index in [9.17, 15) is 4.79 Å². The first kappa shape index (κ1) is 16.4. The first-order chi connectivity index (χ1) is 11.6. The third-order valence-corrected chi connectivity index (χ3v) is 4.91. The van der Waals surface area contributed by atoms with Gasteiger partial charge in [0.15, 0.2) is 0 Å². The predicted octanol–water partition coefficient (Wildman–Crippen LogP) is 3.75. The number of carbonyl (C=O) groups excluding carboxylic acids is 1. The maximum atomic E-state index is 12.4. The topological polar surface area (TPSA) is 64.1 Å². The van der Waals surface area contributed by atoms with Gasteiger partial charge in [-0.1, -0.05) is 37.3 Å². The van der Waals surface area contributed by atoms with Gasteiger partial charge in [0, 0.05) is 11.5 Å². The average Bonchev–Trinajstić information content (AvgIpc) is 3.08. The molecule has 5 nitrogen and oxygen atoms in total. The summed E-state index contributed by atoms with van der Waals surface area (Å²) < 4.78 is 5.24. The number of rotatable bonds is 5. The Morgan fingerprint density at radius 3 is 2.67 bits per heavy atom. The number of ether oxygens (including phenoxy) is 1. The number of carbonyl (C=O) groups is 1. The van der Waals surface area contributed by atoms with Crippen LogP contribution in [0.2, 0.25) is 0 Å². The van der Waals surface area contributed by atoms with Gasteiger partial charge < -0.3 is 10.1 Å². The second-order valence-corrected chi connectivity index (χ2v) is 6.89. The van der Waals surface area contributed by atoms with Gasteiger partial charge in [-0.05, 0) is 35.0 Å². The van der Waals surface area contributed by atoms with E-state index in [0.29, 0.717) is 18.0 Å². The smallest absolute Gasteiger partial charge is 0.251 e. The molecular formula is C18H19N3O2S. The zero-order valence-corrected chi connectivity index (χ0v) is 14.7. The van der Waals surface area contributed by atoms with Crippen molar-refractivity contribution in [1.82, 2.24) is 15.5 Å². The molecule has 0 radical (unpaired) electrons. The van der Waals surface area contributed by atoms with Crippen molar-refractivity contribution in [2.45, 2.75) is 26.3 Å². The number of fused-ring (bicyclic) bond motifs is 1. The van der Waals surface area contributed by atoms with Crippen molar-refractivity contribution in [1.29, 1.82) is 0 Å². The summed E-state index contributed by atoms with van der Waals surface area (Å²) in [7, 11) is 1.63. The van der Waals surface area contributed by atoms with E-state index in [1.54, 1.807) is 7.11 Å². The summed E-state index contributed by atoms with van der Waals surface area (Å²) in [6, 6.07) is 11.4. The van der Waals surface area contributed by atoms with Crippen LogP contribution in [0.25, 0.3) is 10.8 Å². The minimum absolute atomic E-state index is 0.124. The average molecular weight is 341 g/mol. The van der Waals surface area contributed by atoms with E-state index in [1.165, 1.54) is 11.3 Å². The van der Waals surface area contributed by atoms with E-state index in [0.717, 1.165) is 26.5 Å². The Kier molecular flexibility index (Phi) is 4.76. The number of nitrogens with one attached hydrogen (secondary N) is 1. The summed E-state index contributed by atoms with van der Waals surface area (Å²) in [6.07, 6.45) is 0. The summed E-state index contributed by atoms with van der Waals surface area (Å²) in [5.74, 6) is 0.999. The largest absolute Gasteiger partial charge is 0.497 e. The first-order valence-corrected chi connectivity index (χ1v) is 8.57. The van der Waals surface area contributed by atoms with E-state index in [4.69, 9.17) is 4.74 Å². The molecular weight excluding hydrogens is 322 g/mol. The summed E-state index contributed by atoms with van der Waals surface area (Å²) >= 11 is 1.53. The van der Waals surface area contributed by atoms with Gasteiger partial charge in [0.05, 0.1) is 13.7 Å². The van der Waals surface area contributed by atoms with Gasteiger partial charge in [-0.3, -0.25) is 4.79 Å². The van der Waals surface area contributed by atoms with Crippen molar-refractivity contribution < 1.29 is 9.53 Å². The lowest BCUT2D eigenvalue weighted by Gasteiger charge is -2.06. The molecule has 0 unspecified atom stereocenters. The molecule has 0 saturated carbocycles. The molecule has 3 aromatic rings. The number of nitrogens with zero attached hydrogens (tertiary/aromatic N) is 2. The van der Waals surface area contributed by atoms with Crippen LogP contribution < -0.4 is 10.1 Å². The highest BCUT2D eigenvalue weighted by atomic mass is 32.1. The lowest BCUT2D eigenvalue weighted by Crippen LogP contribution is -2.22. The van der Waals surface area contributed by atoms with Gasteiger partial charge in [0.2, 0.25) is 0 Å². The van der Waals surface area contributed by atoms with E-state index < -0.39 is 0 Å². The Labute approximate surface area is 144 Å². The molecule has 1 aromatic heterocycles. The van der Waals surface area contributed by atoms with E-state index in [1.807, 2.05) is 36.4 Å². The molecule has 0 saturated heterocycles.